The molecule has 0 saturated carbocycles. The standard InChI is InChI=1S/C12H13FN2O2/c13-11-7-8(5-6-14-11)12(17)15-9-3-1-2-4-10(9)16/h3,5-7,10,16H,1-2,4H2,(H,15,17). The van der Waals surface area contributed by atoms with E-state index in [1.165, 1.54) is 12.3 Å². The minimum absolute atomic E-state index is 0.191. The van der Waals surface area contributed by atoms with Gasteiger partial charge >= 0.3 is 0 Å². The minimum Gasteiger partial charge on any atom is -0.387 e. The lowest BCUT2D eigenvalue weighted by atomic mass is 10.0. The smallest absolute Gasteiger partial charge is 0.255 e. The van der Waals surface area contributed by atoms with Crippen molar-refractivity contribution in [2.45, 2.75) is 25.4 Å². The molecule has 5 heteroatoms. The van der Waals surface area contributed by atoms with E-state index >= 15 is 0 Å². The van der Waals surface area contributed by atoms with Gasteiger partial charge < -0.3 is 10.4 Å². The molecule has 1 aliphatic carbocycles. The maximum atomic E-state index is 12.8. The summed E-state index contributed by atoms with van der Waals surface area (Å²) in [5.41, 5.74) is 0.689. The summed E-state index contributed by atoms with van der Waals surface area (Å²) in [6.45, 7) is 0. The van der Waals surface area contributed by atoms with E-state index in [0.717, 1.165) is 18.9 Å². The van der Waals surface area contributed by atoms with Crippen molar-refractivity contribution in [2.24, 2.45) is 0 Å². The number of hydrogen-bond donors (Lipinski definition) is 2. The van der Waals surface area contributed by atoms with Crippen LogP contribution in [0.1, 0.15) is 29.6 Å². The van der Waals surface area contributed by atoms with Gasteiger partial charge in [0.25, 0.3) is 5.91 Å². The van der Waals surface area contributed by atoms with Crippen molar-refractivity contribution >= 4 is 5.91 Å². The molecule has 17 heavy (non-hydrogen) atoms. The zero-order valence-corrected chi connectivity index (χ0v) is 9.19. The summed E-state index contributed by atoms with van der Waals surface area (Å²) in [6, 6.07) is 2.49. The van der Waals surface area contributed by atoms with Crippen LogP contribution >= 0.6 is 0 Å². The number of carbonyl (C=O) groups excluding carboxylic acids is 1. The van der Waals surface area contributed by atoms with Crippen molar-refractivity contribution < 1.29 is 14.3 Å². The summed E-state index contributed by atoms with van der Waals surface area (Å²) in [4.78, 5) is 15.1. The Morgan fingerprint density at radius 3 is 3.12 bits per heavy atom. The van der Waals surface area contributed by atoms with Crippen LogP contribution in [-0.4, -0.2) is 22.1 Å². The Bertz CT molecular complexity index is 460. The van der Waals surface area contributed by atoms with Gasteiger partial charge in [0, 0.05) is 23.5 Å². The molecule has 0 saturated heterocycles. The number of carbonyl (C=O) groups is 1. The molecule has 0 radical (unpaired) electrons. The maximum absolute atomic E-state index is 12.8. The summed E-state index contributed by atoms with van der Waals surface area (Å²) in [5.74, 6) is -1.13. The predicted octanol–water partition coefficient (Wildman–Crippen LogP) is 1.38. The number of aromatic nitrogens is 1. The predicted molar refractivity (Wildman–Crippen MR) is 59.6 cm³/mol. The number of aliphatic hydroxyl groups excluding tert-OH is 1. The Kier molecular flexibility index (Phi) is 3.49. The van der Waals surface area contributed by atoms with Crippen LogP contribution < -0.4 is 5.32 Å². The second-order valence-corrected chi connectivity index (χ2v) is 3.93. The molecule has 2 rings (SSSR count). The van der Waals surface area contributed by atoms with E-state index in [1.807, 2.05) is 0 Å². The molecule has 0 spiro atoms. The number of amides is 1. The van der Waals surface area contributed by atoms with E-state index < -0.39 is 18.0 Å². The van der Waals surface area contributed by atoms with Gasteiger partial charge in [0.05, 0.1) is 6.10 Å². The van der Waals surface area contributed by atoms with E-state index in [2.05, 4.69) is 10.3 Å². The van der Waals surface area contributed by atoms with E-state index in [4.69, 9.17) is 0 Å². The molecule has 1 unspecified atom stereocenters. The number of hydrogen-bond acceptors (Lipinski definition) is 3. The molecule has 1 atom stereocenters. The fourth-order valence-corrected chi connectivity index (χ4v) is 1.74. The van der Waals surface area contributed by atoms with Crippen molar-refractivity contribution in [1.29, 1.82) is 0 Å². The summed E-state index contributed by atoms with van der Waals surface area (Å²) >= 11 is 0. The minimum atomic E-state index is -0.698. The molecular formula is C12H13FN2O2. The molecule has 0 fully saturated rings. The molecule has 2 N–H and O–H groups in total. The number of aliphatic hydroxyl groups is 1. The fraction of sp³-hybridized carbons (Fsp3) is 0.333. The van der Waals surface area contributed by atoms with Crippen molar-refractivity contribution in [3.8, 4) is 0 Å². The van der Waals surface area contributed by atoms with Gasteiger partial charge in [-0.2, -0.15) is 4.39 Å². The zero-order valence-electron chi connectivity index (χ0n) is 9.19. The van der Waals surface area contributed by atoms with Gasteiger partial charge in [0.1, 0.15) is 0 Å². The molecule has 1 aliphatic rings. The highest BCUT2D eigenvalue weighted by Gasteiger charge is 2.17. The van der Waals surface area contributed by atoms with Crippen LogP contribution in [0.2, 0.25) is 0 Å². The van der Waals surface area contributed by atoms with Gasteiger partial charge in [-0.15, -0.1) is 0 Å². The SMILES string of the molecule is O=C(NC1=CCCCC1O)c1ccnc(F)c1. The van der Waals surface area contributed by atoms with Crippen molar-refractivity contribution in [3.05, 3.63) is 41.6 Å². The quantitative estimate of drug-likeness (QED) is 0.762. The van der Waals surface area contributed by atoms with Gasteiger partial charge in [-0.05, 0) is 25.3 Å². The van der Waals surface area contributed by atoms with E-state index in [9.17, 15) is 14.3 Å². The maximum Gasteiger partial charge on any atom is 0.255 e. The van der Waals surface area contributed by atoms with Gasteiger partial charge in [0.15, 0.2) is 0 Å². The van der Waals surface area contributed by atoms with Crippen LogP contribution in [0.5, 0.6) is 0 Å². The number of pyridine rings is 1. The third kappa shape index (κ3) is 2.88. The van der Waals surface area contributed by atoms with Crippen LogP contribution in [0.25, 0.3) is 0 Å². The molecule has 1 heterocycles. The van der Waals surface area contributed by atoms with Crippen molar-refractivity contribution in [3.63, 3.8) is 0 Å². The van der Waals surface area contributed by atoms with Crippen LogP contribution in [0.3, 0.4) is 0 Å². The second kappa shape index (κ2) is 5.05. The molecule has 0 bridgehead atoms. The summed E-state index contributed by atoms with van der Waals surface area (Å²) < 4.78 is 12.8. The highest BCUT2D eigenvalue weighted by Crippen LogP contribution is 2.16. The van der Waals surface area contributed by atoms with Gasteiger partial charge in [-0.25, -0.2) is 4.98 Å². The lowest BCUT2D eigenvalue weighted by molar-refractivity contribution is 0.0941. The Labute approximate surface area is 98.2 Å². The third-order valence-corrected chi connectivity index (χ3v) is 2.65. The van der Waals surface area contributed by atoms with E-state index in [1.54, 1.807) is 6.08 Å². The van der Waals surface area contributed by atoms with Crippen LogP contribution in [-0.2, 0) is 0 Å². The highest BCUT2D eigenvalue weighted by atomic mass is 19.1. The van der Waals surface area contributed by atoms with Crippen molar-refractivity contribution in [2.75, 3.05) is 0 Å². The number of nitrogens with zero attached hydrogens (tertiary/aromatic N) is 1. The number of nitrogens with one attached hydrogen (secondary N) is 1. The third-order valence-electron chi connectivity index (χ3n) is 2.65. The molecule has 4 nitrogen and oxygen atoms in total. The van der Waals surface area contributed by atoms with Gasteiger partial charge in [-0.3, -0.25) is 4.79 Å². The molecular weight excluding hydrogens is 223 g/mol. The van der Waals surface area contributed by atoms with E-state index in [-0.39, 0.29) is 5.56 Å². The first-order chi connectivity index (χ1) is 8.16. The molecule has 0 aromatic carbocycles. The van der Waals surface area contributed by atoms with Crippen LogP contribution in [0, 0.1) is 5.95 Å². The number of allylic oxidation sites excluding steroid dienone is 1. The Hall–Kier alpha value is -1.75. The first kappa shape index (κ1) is 11.7. The summed E-state index contributed by atoms with van der Waals surface area (Å²) in [6.07, 6.45) is 4.76. The lowest BCUT2D eigenvalue weighted by Crippen LogP contribution is -2.31. The molecule has 90 valence electrons. The molecule has 1 aromatic heterocycles. The molecule has 1 amide bonds. The fourth-order valence-electron chi connectivity index (χ4n) is 1.74. The largest absolute Gasteiger partial charge is 0.387 e. The highest BCUT2D eigenvalue weighted by molar-refractivity contribution is 5.95. The first-order valence-corrected chi connectivity index (χ1v) is 5.48. The number of halogens is 1. The normalized spacial score (nSPS) is 19.6. The molecule has 1 aromatic rings. The Morgan fingerprint density at radius 1 is 1.59 bits per heavy atom. The zero-order chi connectivity index (χ0) is 12.3. The van der Waals surface area contributed by atoms with Crippen LogP contribution in [0.4, 0.5) is 4.39 Å². The van der Waals surface area contributed by atoms with Crippen molar-refractivity contribution in [1.82, 2.24) is 10.3 Å². The average Bonchev–Trinajstić information content (AvgIpc) is 2.32. The lowest BCUT2D eigenvalue weighted by Gasteiger charge is -2.20. The summed E-state index contributed by atoms with van der Waals surface area (Å²) in [7, 11) is 0. The van der Waals surface area contributed by atoms with Gasteiger partial charge in [-0.1, -0.05) is 6.08 Å². The first-order valence-electron chi connectivity index (χ1n) is 5.48. The topological polar surface area (TPSA) is 62.2 Å². The Balaban J connectivity index is 2.09. The summed E-state index contributed by atoms with van der Waals surface area (Å²) in [5, 5.41) is 12.2. The van der Waals surface area contributed by atoms with E-state index in [0.29, 0.717) is 12.1 Å². The second-order valence-electron chi connectivity index (χ2n) is 3.93. The molecule has 0 aliphatic heterocycles. The average molecular weight is 236 g/mol. The Morgan fingerprint density at radius 2 is 2.41 bits per heavy atom. The monoisotopic (exact) mass is 236 g/mol. The number of rotatable bonds is 2. The van der Waals surface area contributed by atoms with Gasteiger partial charge in [0.2, 0.25) is 5.95 Å². The van der Waals surface area contributed by atoms with Crippen LogP contribution in [0.15, 0.2) is 30.1 Å².